The van der Waals surface area contributed by atoms with Gasteiger partial charge in [-0.3, -0.25) is 9.59 Å². The Kier molecular flexibility index (Phi) is 6.56. The van der Waals surface area contributed by atoms with Crippen LogP contribution in [0.1, 0.15) is 56.5 Å². The van der Waals surface area contributed by atoms with E-state index < -0.39 is 0 Å². The monoisotopic (exact) mass is 353 g/mol. The number of Topliss-reactive ketones (excluding diaryl/α,β-unsaturated/α-hetero) is 1. The van der Waals surface area contributed by atoms with E-state index >= 15 is 0 Å². The molecule has 0 saturated heterocycles. The Morgan fingerprint density at radius 2 is 1.73 bits per heavy atom. The number of amides is 1. The summed E-state index contributed by atoms with van der Waals surface area (Å²) in [5.41, 5.74) is 2.61. The van der Waals surface area contributed by atoms with Gasteiger partial charge in [-0.2, -0.15) is 0 Å². The van der Waals surface area contributed by atoms with Crippen LogP contribution in [-0.2, 0) is 10.2 Å². The fraction of sp³-hybridized carbons (Fsp3) is 0.364. The van der Waals surface area contributed by atoms with Crippen LogP contribution in [0, 0.1) is 0 Å². The first-order valence-electron chi connectivity index (χ1n) is 8.90. The first kappa shape index (κ1) is 19.7. The van der Waals surface area contributed by atoms with Gasteiger partial charge in [0.1, 0.15) is 5.75 Å². The van der Waals surface area contributed by atoms with Crippen molar-refractivity contribution in [3.63, 3.8) is 0 Å². The molecule has 2 aromatic carbocycles. The second kappa shape index (κ2) is 8.65. The smallest absolute Gasteiger partial charge is 0.224 e. The van der Waals surface area contributed by atoms with Gasteiger partial charge in [-0.1, -0.05) is 45.0 Å². The molecule has 0 heterocycles. The van der Waals surface area contributed by atoms with Gasteiger partial charge in [0, 0.05) is 17.7 Å². The predicted octanol–water partition coefficient (Wildman–Crippen LogP) is 4.98. The van der Waals surface area contributed by atoms with Crippen LogP contribution in [0.25, 0.3) is 0 Å². The highest BCUT2D eigenvalue weighted by atomic mass is 16.5. The van der Waals surface area contributed by atoms with E-state index in [1.807, 2.05) is 12.1 Å². The third-order valence-electron chi connectivity index (χ3n) is 4.09. The molecule has 0 aliphatic carbocycles. The molecule has 1 amide bonds. The van der Waals surface area contributed by atoms with Gasteiger partial charge in [-0.15, -0.1) is 0 Å². The fourth-order valence-corrected chi connectivity index (χ4v) is 2.51. The molecule has 0 radical (unpaired) electrons. The highest BCUT2D eigenvalue weighted by molar-refractivity contribution is 5.97. The maximum atomic E-state index is 12.0. The molecule has 2 aromatic rings. The van der Waals surface area contributed by atoms with Crippen molar-refractivity contribution in [1.29, 1.82) is 0 Å². The molecule has 0 aromatic heterocycles. The topological polar surface area (TPSA) is 55.4 Å². The summed E-state index contributed by atoms with van der Waals surface area (Å²) in [6, 6.07) is 15.0. The molecular formula is C22H27NO3. The zero-order valence-corrected chi connectivity index (χ0v) is 16.0. The van der Waals surface area contributed by atoms with Gasteiger partial charge < -0.3 is 10.1 Å². The minimum absolute atomic E-state index is 0.0213. The zero-order valence-electron chi connectivity index (χ0n) is 16.0. The zero-order chi connectivity index (χ0) is 19.2. The summed E-state index contributed by atoms with van der Waals surface area (Å²) in [5, 5.41) is 2.81. The Bertz CT molecular complexity index is 758. The van der Waals surface area contributed by atoms with E-state index in [4.69, 9.17) is 4.74 Å². The summed E-state index contributed by atoms with van der Waals surface area (Å²) in [4.78, 5) is 23.4. The van der Waals surface area contributed by atoms with E-state index in [1.165, 1.54) is 12.5 Å². The first-order valence-corrected chi connectivity index (χ1v) is 8.90. The summed E-state index contributed by atoms with van der Waals surface area (Å²) < 4.78 is 5.70. The number of carbonyl (C=O) groups excluding carboxylic acids is 2. The number of hydrogen-bond donors (Lipinski definition) is 1. The van der Waals surface area contributed by atoms with Gasteiger partial charge in [-0.25, -0.2) is 0 Å². The Labute approximate surface area is 155 Å². The highest BCUT2D eigenvalue weighted by Gasteiger charge is 2.13. The van der Waals surface area contributed by atoms with Crippen molar-refractivity contribution in [3.8, 4) is 5.75 Å². The van der Waals surface area contributed by atoms with Crippen molar-refractivity contribution in [2.24, 2.45) is 0 Å². The molecule has 2 rings (SSSR count). The minimum Gasteiger partial charge on any atom is -0.494 e. The molecule has 0 unspecified atom stereocenters. The molecule has 0 bridgehead atoms. The van der Waals surface area contributed by atoms with Crippen molar-refractivity contribution in [2.75, 3.05) is 11.9 Å². The summed E-state index contributed by atoms with van der Waals surface area (Å²) in [7, 11) is 0. The number of ether oxygens (including phenoxy) is 1. The van der Waals surface area contributed by atoms with E-state index in [2.05, 4.69) is 38.2 Å². The largest absolute Gasteiger partial charge is 0.494 e. The number of anilines is 1. The van der Waals surface area contributed by atoms with Crippen LogP contribution >= 0.6 is 0 Å². The number of rotatable bonds is 7. The van der Waals surface area contributed by atoms with Gasteiger partial charge >= 0.3 is 0 Å². The van der Waals surface area contributed by atoms with E-state index in [1.54, 1.807) is 24.3 Å². The maximum absolute atomic E-state index is 12.0. The maximum Gasteiger partial charge on any atom is 0.224 e. The quantitative estimate of drug-likeness (QED) is 0.564. The van der Waals surface area contributed by atoms with Crippen molar-refractivity contribution in [2.45, 2.75) is 46.0 Å². The van der Waals surface area contributed by atoms with E-state index in [0.29, 0.717) is 30.7 Å². The lowest BCUT2D eigenvalue weighted by Crippen LogP contribution is -2.13. The van der Waals surface area contributed by atoms with Gasteiger partial charge in [0.25, 0.3) is 0 Å². The van der Waals surface area contributed by atoms with Gasteiger partial charge in [-0.05, 0) is 48.6 Å². The number of carbonyl (C=O) groups is 2. The van der Waals surface area contributed by atoms with Crippen molar-refractivity contribution in [1.82, 2.24) is 0 Å². The van der Waals surface area contributed by atoms with E-state index in [0.717, 1.165) is 5.75 Å². The second-order valence-electron chi connectivity index (χ2n) is 7.41. The summed E-state index contributed by atoms with van der Waals surface area (Å²) >= 11 is 0. The molecule has 138 valence electrons. The van der Waals surface area contributed by atoms with Crippen LogP contribution in [0.4, 0.5) is 5.69 Å². The SMILES string of the molecule is CC(=O)c1cccc(NC(=O)CCCOc2ccc(C(C)(C)C)cc2)c1. The van der Waals surface area contributed by atoms with Gasteiger partial charge in [0.05, 0.1) is 6.61 Å². The van der Waals surface area contributed by atoms with Crippen LogP contribution in [0.15, 0.2) is 48.5 Å². The summed E-state index contributed by atoms with van der Waals surface area (Å²) in [6.07, 6.45) is 0.990. The highest BCUT2D eigenvalue weighted by Crippen LogP contribution is 2.24. The normalized spacial score (nSPS) is 11.1. The molecule has 26 heavy (non-hydrogen) atoms. The van der Waals surface area contributed by atoms with Crippen LogP contribution in [0.2, 0.25) is 0 Å². The molecule has 4 nitrogen and oxygen atoms in total. The van der Waals surface area contributed by atoms with E-state index in [-0.39, 0.29) is 17.1 Å². The third-order valence-corrected chi connectivity index (χ3v) is 4.09. The first-order chi connectivity index (χ1) is 12.3. The molecule has 0 aliphatic heterocycles. The number of benzene rings is 2. The lowest BCUT2D eigenvalue weighted by Gasteiger charge is -2.19. The lowest BCUT2D eigenvalue weighted by molar-refractivity contribution is -0.116. The summed E-state index contributed by atoms with van der Waals surface area (Å²) in [6.45, 7) is 8.51. The lowest BCUT2D eigenvalue weighted by atomic mass is 9.87. The Hall–Kier alpha value is -2.62. The molecule has 4 heteroatoms. The average Bonchev–Trinajstić information content (AvgIpc) is 2.58. The van der Waals surface area contributed by atoms with Gasteiger partial charge in [0.2, 0.25) is 5.91 Å². The summed E-state index contributed by atoms with van der Waals surface area (Å²) in [5.74, 6) is 0.705. The fourth-order valence-electron chi connectivity index (χ4n) is 2.51. The second-order valence-corrected chi connectivity index (χ2v) is 7.41. The molecular weight excluding hydrogens is 326 g/mol. The van der Waals surface area contributed by atoms with Crippen molar-refractivity contribution < 1.29 is 14.3 Å². The molecule has 0 saturated carbocycles. The molecule has 0 atom stereocenters. The molecule has 1 N–H and O–H groups in total. The predicted molar refractivity (Wildman–Crippen MR) is 105 cm³/mol. The van der Waals surface area contributed by atoms with Gasteiger partial charge in [0.15, 0.2) is 5.78 Å². The third kappa shape index (κ3) is 6.03. The van der Waals surface area contributed by atoms with Crippen LogP contribution < -0.4 is 10.1 Å². The number of ketones is 1. The Balaban J connectivity index is 1.75. The minimum atomic E-state index is -0.0858. The van der Waals surface area contributed by atoms with Crippen LogP contribution in [-0.4, -0.2) is 18.3 Å². The Morgan fingerprint density at radius 1 is 1.04 bits per heavy atom. The number of hydrogen-bond acceptors (Lipinski definition) is 3. The van der Waals surface area contributed by atoms with Crippen LogP contribution in [0.5, 0.6) is 5.75 Å². The van der Waals surface area contributed by atoms with Crippen LogP contribution in [0.3, 0.4) is 0 Å². The standard InChI is InChI=1S/C22H27NO3/c1-16(24)17-7-5-8-19(15-17)23-21(25)9-6-14-26-20-12-10-18(11-13-20)22(2,3)4/h5,7-8,10-13,15H,6,9,14H2,1-4H3,(H,23,25). The Morgan fingerprint density at radius 3 is 2.35 bits per heavy atom. The number of nitrogens with one attached hydrogen (secondary N) is 1. The molecule has 0 fully saturated rings. The van der Waals surface area contributed by atoms with Crippen molar-refractivity contribution in [3.05, 3.63) is 59.7 Å². The molecule has 0 spiro atoms. The van der Waals surface area contributed by atoms with E-state index in [9.17, 15) is 9.59 Å². The average molecular weight is 353 g/mol. The van der Waals surface area contributed by atoms with Crippen molar-refractivity contribution >= 4 is 17.4 Å². The molecule has 0 aliphatic rings.